The van der Waals surface area contributed by atoms with Gasteiger partial charge in [-0.3, -0.25) is 4.79 Å². The second-order valence-electron chi connectivity index (χ2n) is 6.20. The summed E-state index contributed by atoms with van der Waals surface area (Å²) >= 11 is 5.98. The van der Waals surface area contributed by atoms with Crippen LogP contribution in [-0.4, -0.2) is 18.6 Å². The molecule has 2 rings (SSSR count). The summed E-state index contributed by atoms with van der Waals surface area (Å²) in [6.07, 6.45) is 3.67. The summed E-state index contributed by atoms with van der Waals surface area (Å²) in [6, 6.07) is 7.61. The average Bonchev–Trinajstić information content (AvgIpc) is 2.71. The largest absolute Gasteiger partial charge is 0.491 e. The minimum absolute atomic E-state index is 0.0553. The molecule has 1 aliphatic rings. The van der Waals surface area contributed by atoms with Crippen LogP contribution >= 0.6 is 11.6 Å². The van der Waals surface area contributed by atoms with Crippen molar-refractivity contribution in [3.8, 4) is 5.75 Å². The van der Waals surface area contributed by atoms with Crippen LogP contribution in [0.15, 0.2) is 24.3 Å². The topological polar surface area (TPSA) is 38.3 Å². The Bertz CT molecular complexity index is 473. The predicted molar refractivity (Wildman–Crippen MR) is 81.1 cm³/mol. The van der Waals surface area contributed by atoms with E-state index in [0.717, 1.165) is 12.8 Å². The van der Waals surface area contributed by atoms with E-state index in [9.17, 15) is 4.79 Å². The lowest BCUT2D eigenvalue weighted by Gasteiger charge is -2.18. The highest BCUT2D eigenvalue weighted by atomic mass is 35.5. The van der Waals surface area contributed by atoms with Gasteiger partial charge in [0.2, 0.25) is 5.91 Å². The van der Waals surface area contributed by atoms with Gasteiger partial charge in [-0.25, -0.2) is 0 Å². The van der Waals surface area contributed by atoms with E-state index in [-0.39, 0.29) is 5.91 Å². The standard InChI is InChI=1S/C16H22ClNO2/c1-16(2)9-7-12(11-16)18-15(19)8-10-20-14-6-4-3-5-13(14)17/h3-6,12H,7-11H2,1-2H3,(H,18,19). The lowest BCUT2D eigenvalue weighted by molar-refractivity contribution is -0.122. The molecule has 20 heavy (non-hydrogen) atoms. The van der Waals surface area contributed by atoms with E-state index < -0.39 is 0 Å². The Labute approximate surface area is 125 Å². The van der Waals surface area contributed by atoms with E-state index in [1.807, 2.05) is 12.1 Å². The van der Waals surface area contributed by atoms with Gasteiger partial charge >= 0.3 is 0 Å². The first-order valence-electron chi connectivity index (χ1n) is 7.13. The third-order valence-electron chi connectivity index (χ3n) is 3.76. The smallest absolute Gasteiger partial charge is 0.223 e. The number of amides is 1. The second kappa shape index (κ2) is 6.49. The van der Waals surface area contributed by atoms with Gasteiger partial charge in [-0.2, -0.15) is 0 Å². The summed E-state index contributed by atoms with van der Waals surface area (Å²) in [5, 5.41) is 3.66. The molecule has 1 N–H and O–H groups in total. The molecule has 3 nitrogen and oxygen atoms in total. The maximum Gasteiger partial charge on any atom is 0.223 e. The molecule has 0 aromatic heterocycles. The maximum absolute atomic E-state index is 11.9. The van der Waals surface area contributed by atoms with Gasteiger partial charge < -0.3 is 10.1 Å². The van der Waals surface area contributed by atoms with Crippen molar-refractivity contribution in [3.05, 3.63) is 29.3 Å². The molecule has 4 heteroatoms. The molecule has 0 heterocycles. The normalized spacial score (nSPS) is 20.6. The molecule has 1 aromatic carbocycles. The quantitative estimate of drug-likeness (QED) is 0.897. The number of para-hydroxylation sites is 1. The minimum atomic E-state index is 0.0553. The lowest BCUT2D eigenvalue weighted by atomic mass is 9.92. The van der Waals surface area contributed by atoms with Gasteiger partial charge in [-0.15, -0.1) is 0 Å². The SMILES string of the molecule is CC1(C)CCC(NC(=O)CCOc2ccccc2Cl)C1. The van der Waals surface area contributed by atoms with Crippen molar-refractivity contribution >= 4 is 17.5 Å². The molecule has 0 saturated heterocycles. The Balaban J connectivity index is 1.70. The number of benzene rings is 1. The number of rotatable bonds is 5. The Morgan fingerprint density at radius 3 is 2.85 bits per heavy atom. The zero-order chi connectivity index (χ0) is 14.6. The fraction of sp³-hybridized carbons (Fsp3) is 0.562. The summed E-state index contributed by atoms with van der Waals surface area (Å²) in [6.45, 7) is 4.85. The van der Waals surface area contributed by atoms with Crippen LogP contribution in [0.5, 0.6) is 5.75 Å². The maximum atomic E-state index is 11.9. The van der Waals surface area contributed by atoms with E-state index in [1.54, 1.807) is 12.1 Å². The van der Waals surface area contributed by atoms with Crippen molar-refractivity contribution in [1.29, 1.82) is 0 Å². The molecule has 1 aliphatic carbocycles. The summed E-state index contributed by atoms with van der Waals surface area (Å²) in [4.78, 5) is 11.9. The number of nitrogens with one attached hydrogen (secondary N) is 1. The Morgan fingerprint density at radius 2 is 2.20 bits per heavy atom. The van der Waals surface area contributed by atoms with Crippen molar-refractivity contribution in [1.82, 2.24) is 5.32 Å². The molecule has 0 aliphatic heterocycles. The van der Waals surface area contributed by atoms with Crippen LogP contribution in [0, 0.1) is 5.41 Å². The summed E-state index contributed by atoms with van der Waals surface area (Å²) < 4.78 is 5.52. The van der Waals surface area contributed by atoms with Gasteiger partial charge in [0.15, 0.2) is 0 Å². The second-order valence-corrected chi connectivity index (χ2v) is 6.61. The van der Waals surface area contributed by atoms with Gasteiger partial charge in [0, 0.05) is 6.04 Å². The first-order valence-corrected chi connectivity index (χ1v) is 7.51. The molecule has 0 radical (unpaired) electrons. The van der Waals surface area contributed by atoms with E-state index in [2.05, 4.69) is 19.2 Å². The first-order chi connectivity index (χ1) is 9.46. The highest BCUT2D eigenvalue weighted by molar-refractivity contribution is 6.32. The lowest BCUT2D eigenvalue weighted by Crippen LogP contribution is -2.34. The van der Waals surface area contributed by atoms with Crippen LogP contribution in [-0.2, 0) is 4.79 Å². The molecule has 1 aromatic rings. The molecule has 0 spiro atoms. The van der Waals surface area contributed by atoms with E-state index in [1.165, 1.54) is 6.42 Å². The molecule has 1 amide bonds. The third-order valence-corrected chi connectivity index (χ3v) is 4.07. The molecular weight excluding hydrogens is 274 g/mol. The number of hydrogen-bond donors (Lipinski definition) is 1. The molecular formula is C16H22ClNO2. The number of carbonyl (C=O) groups excluding carboxylic acids is 1. The van der Waals surface area contributed by atoms with E-state index >= 15 is 0 Å². The highest BCUT2D eigenvalue weighted by Gasteiger charge is 2.31. The number of hydrogen-bond acceptors (Lipinski definition) is 2. The van der Waals surface area contributed by atoms with Crippen LogP contribution in [0.3, 0.4) is 0 Å². The molecule has 1 unspecified atom stereocenters. The molecule has 1 saturated carbocycles. The molecule has 0 bridgehead atoms. The fourth-order valence-electron chi connectivity index (χ4n) is 2.67. The van der Waals surface area contributed by atoms with E-state index in [4.69, 9.17) is 16.3 Å². The molecule has 1 atom stereocenters. The van der Waals surface area contributed by atoms with Crippen molar-refractivity contribution < 1.29 is 9.53 Å². The summed E-state index contributed by atoms with van der Waals surface area (Å²) in [5.41, 5.74) is 0.353. The van der Waals surface area contributed by atoms with Gasteiger partial charge in [0.05, 0.1) is 18.1 Å². The number of ether oxygens (including phenoxy) is 1. The zero-order valence-corrected chi connectivity index (χ0v) is 12.9. The number of carbonyl (C=O) groups is 1. The van der Waals surface area contributed by atoms with Crippen LogP contribution < -0.4 is 10.1 Å². The minimum Gasteiger partial charge on any atom is -0.491 e. The predicted octanol–water partition coefficient (Wildman–Crippen LogP) is 3.80. The Morgan fingerprint density at radius 1 is 1.45 bits per heavy atom. The Kier molecular flexibility index (Phi) is 4.92. The van der Waals surface area contributed by atoms with Crippen molar-refractivity contribution in [2.45, 2.75) is 45.6 Å². The Hall–Kier alpha value is -1.22. The van der Waals surface area contributed by atoms with Crippen LogP contribution in [0.25, 0.3) is 0 Å². The zero-order valence-electron chi connectivity index (χ0n) is 12.1. The monoisotopic (exact) mass is 295 g/mol. The van der Waals surface area contributed by atoms with Crippen molar-refractivity contribution in [2.75, 3.05) is 6.61 Å². The van der Waals surface area contributed by atoms with Crippen LogP contribution in [0.1, 0.15) is 39.5 Å². The van der Waals surface area contributed by atoms with Crippen molar-refractivity contribution in [3.63, 3.8) is 0 Å². The summed E-state index contributed by atoms with van der Waals surface area (Å²) in [7, 11) is 0. The third kappa shape index (κ3) is 4.41. The van der Waals surface area contributed by atoms with Crippen LogP contribution in [0.4, 0.5) is 0 Å². The van der Waals surface area contributed by atoms with Gasteiger partial charge in [-0.05, 0) is 36.8 Å². The summed E-state index contributed by atoms with van der Waals surface area (Å²) in [5.74, 6) is 0.684. The van der Waals surface area contributed by atoms with Gasteiger partial charge in [0.1, 0.15) is 5.75 Å². The van der Waals surface area contributed by atoms with Gasteiger partial charge in [-0.1, -0.05) is 37.6 Å². The first kappa shape index (κ1) is 15.2. The van der Waals surface area contributed by atoms with Gasteiger partial charge in [0.25, 0.3) is 0 Å². The average molecular weight is 296 g/mol. The van der Waals surface area contributed by atoms with Crippen molar-refractivity contribution in [2.24, 2.45) is 5.41 Å². The molecule has 110 valence electrons. The van der Waals surface area contributed by atoms with E-state index in [0.29, 0.717) is 35.3 Å². The highest BCUT2D eigenvalue weighted by Crippen LogP contribution is 2.36. The molecule has 1 fully saturated rings. The van der Waals surface area contributed by atoms with Crippen LogP contribution in [0.2, 0.25) is 5.02 Å². The fourth-order valence-corrected chi connectivity index (χ4v) is 2.86. The number of halogens is 1.